The van der Waals surface area contributed by atoms with Gasteiger partial charge in [-0.15, -0.1) is 0 Å². The molecule has 0 spiro atoms. The lowest BCUT2D eigenvalue weighted by Crippen LogP contribution is -2.46. The van der Waals surface area contributed by atoms with Crippen molar-refractivity contribution >= 4 is 22.5 Å². The molecule has 0 amide bonds. The van der Waals surface area contributed by atoms with Gasteiger partial charge in [0.1, 0.15) is 5.52 Å². The number of benzene rings is 1. The number of nitrogens with one attached hydrogen (secondary N) is 2. The van der Waals surface area contributed by atoms with E-state index >= 15 is 0 Å². The molecule has 3 heterocycles. The second-order valence-electron chi connectivity index (χ2n) is 6.60. The van der Waals surface area contributed by atoms with Crippen LogP contribution in [0.3, 0.4) is 0 Å². The molecule has 0 bridgehead atoms. The smallest absolute Gasteiger partial charge is 0.162 e. The number of aromatic nitrogens is 3. The van der Waals surface area contributed by atoms with E-state index in [2.05, 4.69) is 35.1 Å². The first kappa shape index (κ1) is 15.9. The van der Waals surface area contributed by atoms with Crippen molar-refractivity contribution in [2.75, 3.05) is 30.4 Å². The van der Waals surface area contributed by atoms with E-state index in [1.807, 2.05) is 37.5 Å². The molecule has 2 atom stereocenters. The Kier molecular flexibility index (Phi) is 4.05. The summed E-state index contributed by atoms with van der Waals surface area (Å²) in [5, 5.41) is 3.17. The summed E-state index contributed by atoms with van der Waals surface area (Å²) in [5.41, 5.74) is 3.97. The zero-order chi connectivity index (χ0) is 17.4. The van der Waals surface area contributed by atoms with Crippen LogP contribution in [0, 0.1) is 0 Å². The lowest BCUT2D eigenvalue weighted by atomic mass is 10.1. The van der Waals surface area contributed by atoms with Crippen LogP contribution in [0.4, 0.5) is 11.5 Å². The molecule has 1 aromatic carbocycles. The Morgan fingerprint density at radius 3 is 2.72 bits per heavy atom. The van der Waals surface area contributed by atoms with E-state index in [4.69, 9.17) is 14.7 Å². The van der Waals surface area contributed by atoms with Crippen molar-refractivity contribution in [3.8, 4) is 11.4 Å². The molecule has 1 aliphatic rings. The number of hydrogen-bond donors (Lipinski definition) is 2. The molecule has 0 radical (unpaired) electrons. The van der Waals surface area contributed by atoms with Crippen molar-refractivity contribution in [2.45, 2.75) is 26.1 Å². The molecule has 3 aromatic rings. The molecule has 0 aliphatic carbocycles. The first-order valence-electron chi connectivity index (χ1n) is 8.68. The lowest BCUT2D eigenvalue weighted by Gasteiger charge is -2.36. The summed E-state index contributed by atoms with van der Waals surface area (Å²) in [6.45, 7) is 5.86. The predicted molar refractivity (Wildman–Crippen MR) is 101 cm³/mol. The molecule has 25 heavy (non-hydrogen) atoms. The molecule has 1 aliphatic heterocycles. The average Bonchev–Trinajstić information content (AvgIpc) is 3.08. The third-order valence-corrected chi connectivity index (χ3v) is 4.52. The van der Waals surface area contributed by atoms with Crippen LogP contribution in [0.2, 0.25) is 0 Å². The number of nitrogens with zero attached hydrogens (tertiary/aromatic N) is 3. The second-order valence-corrected chi connectivity index (χ2v) is 6.60. The molecule has 4 rings (SSSR count). The second kappa shape index (κ2) is 6.37. The minimum Gasteiger partial charge on any atom is -0.388 e. The van der Waals surface area contributed by atoms with Crippen LogP contribution in [-0.2, 0) is 4.74 Å². The maximum atomic E-state index is 5.87. The molecule has 6 nitrogen and oxygen atoms in total. The van der Waals surface area contributed by atoms with Gasteiger partial charge in [0.15, 0.2) is 11.6 Å². The number of anilines is 2. The van der Waals surface area contributed by atoms with Gasteiger partial charge in [-0.05, 0) is 32.0 Å². The van der Waals surface area contributed by atoms with Gasteiger partial charge in [0.2, 0.25) is 0 Å². The topological polar surface area (TPSA) is 66.1 Å². The van der Waals surface area contributed by atoms with Gasteiger partial charge in [-0.1, -0.05) is 12.1 Å². The Morgan fingerprint density at radius 2 is 1.96 bits per heavy atom. The highest BCUT2D eigenvalue weighted by Crippen LogP contribution is 2.29. The number of ether oxygens (including phenoxy) is 1. The van der Waals surface area contributed by atoms with Crippen molar-refractivity contribution in [2.24, 2.45) is 0 Å². The summed E-state index contributed by atoms with van der Waals surface area (Å²) < 4.78 is 5.87. The van der Waals surface area contributed by atoms with Gasteiger partial charge in [-0.3, -0.25) is 0 Å². The first-order chi connectivity index (χ1) is 12.1. The normalized spacial score (nSPS) is 20.8. The zero-order valence-corrected chi connectivity index (χ0v) is 14.8. The highest BCUT2D eigenvalue weighted by Gasteiger charge is 2.25. The Bertz CT molecular complexity index is 880. The van der Waals surface area contributed by atoms with Crippen LogP contribution in [0.5, 0.6) is 0 Å². The van der Waals surface area contributed by atoms with Gasteiger partial charge in [0.05, 0.1) is 17.7 Å². The fraction of sp³-hybridized carbons (Fsp3) is 0.368. The zero-order valence-electron chi connectivity index (χ0n) is 14.8. The van der Waals surface area contributed by atoms with Gasteiger partial charge < -0.3 is 19.9 Å². The molecule has 1 fully saturated rings. The van der Waals surface area contributed by atoms with Gasteiger partial charge in [-0.25, -0.2) is 9.97 Å². The highest BCUT2D eigenvalue weighted by molar-refractivity contribution is 5.88. The van der Waals surface area contributed by atoms with E-state index in [0.717, 1.165) is 47.0 Å². The third kappa shape index (κ3) is 3.05. The van der Waals surface area contributed by atoms with Gasteiger partial charge in [0.25, 0.3) is 0 Å². The summed E-state index contributed by atoms with van der Waals surface area (Å²) >= 11 is 0. The molecular weight excluding hydrogens is 314 g/mol. The van der Waals surface area contributed by atoms with Crippen LogP contribution in [0.25, 0.3) is 22.4 Å². The van der Waals surface area contributed by atoms with E-state index in [1.165, 1.54) is 0 Å². The fourth-order valence-corrected chi connectivity index (χ4v) is 3.45. The fourth-order valence-electron chi connectivity index (χ4n) is 3.45. The van der Waals surface area contributed by atoms with Crippen LogP contribution in [0.1, 0.15) is 13.8 Å². The highest BCUT2D eigenvalue weighted by atomic mass is 16.5. The van der Waals surface area contributed by atoms with E-state index in [9.17, 15) is 0 Å². The Labute approximate surface area is 147 Å². The monoisotopic (exact) mass is 337 g/mol. The Hall–Kier alpha value is -2.60. The molecule has 2 unspecified atom stereocenters. The number of morpholine rings is 1. The quantitative estimate of drug-likeness (QED) is 0.768. The van der Waals surface area contributed by atoms with Gasteiger partial charge in [0, 0.05) is 37.6 Å². The van der Waals surface area contributed by atoms with Crippen LogP contribution in [-0.4, -0.2) is 47.3 Å². The number of H-pyrrole nitrogens is 1. The summed E-state index contributed by atoms with van der Waals surface area (Å²) in [7, 11) is 1.91. The number of rotatable bonds is 3. The summed E-state index contributed by atoms with van der Waals surface area (Å²) in [4.78, 5) is 15.3. The number of hydrogen-bond acceptors (Lipinski definition) is 5. The average molecular weight is 337 g/mol. The Balaban J connectivity index is 1.82. The van der Waals surface area contributed by atoms with E-state index in [1.54, 1.807) is 0 Å². The molecule has 2 N–H and O–H groups in total. The van der Waals surface area contributed by atoms with Gasteiger partial charge >= 0.3 is 0 Å². The third-order valence-electron chi connectivity index (χ3n) is 4.52. The predicted octanol–water partition coefficient (Wildman–Crippen LogP) is 3.28. The molecule has 2 aromatic heterocycles. The lowest BCUT2D eigenvalue weighted by molar-refractivity contribution is -0.00537. The van der Waals surface area contributed by atoms with E-state index < -0.39 is 0 Å². The molecule has 130 valence electrons. The van der Waals surface area contributed by atoms with Crippen LogP contribution < -0.4 is 10.2 Å². The SMILES string of the molecule is CNc1cccc(-c2nc(N3CC(C)OC(C)C3)c3[nH]ccc3n2)c1. The van der Waals surface area contributed by atoms with Crippen molar-refractivity contribution in [3.63, 3.8) is 0 Å². The molecule has 1 saturated heterocycles. The van der Waals surface area contributed by atoms with E-state index in [-0.39, 0.29) is 12.2 Å². The summed E-state index contributed by atoms with van der Waals surface area (Å²) in [6, 6.07) is 10.2. The standard InChI is InChI=1S/C19H23N5O/c1-12-10-24(11-13(2)25-12)19-17-16(7-8-21-17)22-18(23-19)14-5-4-6-15(9-14)20-3/h4-9,12-13,20-21H,10-11H2,1-3H3. The Morgan fingerprint density at radius 1 is 1.16 bits per heavy atom. The van der Waals surface area contributed by atoms with Crippen molar-refractivity contribution in [1.82, 2.24) is 15.0 Å². The van der Waals surface area contributed by atoms with Crippen molar-refractivity contribution in [3.05, 3.63) is 36.5 Å². The molecule has 0 saturated carbocycles. The van der Waals surface area contributed by atoms with Crippen molar-refractivity contribution in [1.29, 1.82) is 0 Å². The first-order valence-corrected chi connectivity index (χ1v) is 8.68. The summed E-state index contributed by atoms with van der Waals surface area (Å²) in [6.07, 6.45) is 2.28. The minimum atomic E-state index is 0.180. The minimum absolute atomic E-state index is 0.180. The largest absolute Gasteiger partial charge is 0.388 e. The number of aromatic amines is 1. The van der Waals surface area contributed by atoms with Crippen LogP contribution in [0.15, 0.2) is 36.5 Å². The maximum absolute atomic E-state index is 5.87. The number of fused-ring (bicyclic) bond motifs is 1. The van der Waals surface area contributed by atoms with Crippen LogP contribution >= 0.6 is 0 Å². The molecular formula is C19H23N5O. The molecule has 6 heteroatoms. The van der Waals surface area contributed by atoms with Crippen molar-refractivity contribution < 1.29 is 4.74 Å². The maximum Gasteiger partial charge on any atom is 0.162 e. The van der Waals surface area contributed by atoms with E-state index in [0.29, 0.717) is 0 Å². The summed E-state index contributed by atoms with van der Waals surface area (Å²) in [5.74, 6) is 1.69. The van der Waals surface area contributed by atoms with Gasteiger partial charge in [-0.2, -0.15) is 0 Å².